The molecule has 0 aromatic heterocycles. The van der Waals surface area contributed by atoms with E-state index in [4.69, 9.17) is 15.3 Å². The van der Waals surface area contributed by atoms with E-state index in [9.17, 15) is 4.79 Å². The average molecular weight is 291 g/mol. The van der Waals surface area contributed by atoms with Crippen LogP contribution in [0.1, 0.15) is 25.8 Å². The Bertz CT molecular complexity index is 529. The van der Waals surface area contributed by atoms with Crippen LogP contribution in [0.2, 0.25) is 0 Å². The monoisotopic (exact) mass is 291 g/mol. The molecule has 0 spiro atoms. The van der Waals surface area contributed by atoms with Crippen molar-refractivity contribution in [2.24, 2.45) is 10.9 Å². The summed E-state index contributed by atoms with van der Waals surface area (Å²) in [5.74, 6) is 0.356. The number of para-hydroxylation sites is 1. The van der Waals surface area contributed by atoms with E-state index in [-0.39, 0.29) is 12.2 Å². The molecule has 0 saturated carbocycles. The lowest BCUT2D eigenvalue weighted by Gasteiger charge is -2.15. The number of oxime groups is 1. The van der Waals surface area contributed by atoms with Crippen LogP contribution in [0.4, 0.5) is 0 Å². The Kier molecular flexibility index (Phi) is 5.16. The molecule has 6 heteroatoms. The van der Waals surface area contributed by atoms with Gasteiger partial charge in [-0.15, -0.1) is 0 Å². The van der Waals surface area contributed by atoms with Gasteiger partial charge in [-0.1, -0.05) is 23.4 Å². The summed E-state index contributed by atoms with van der Waals surface area (Å²) in [4.78, 5) is 16.1. The number of nitrogens with two attached hydrogens (primary N) is 1. The fraction of sp³-hybridized carbons (Fsp3) is 0.467. The molecule has 0 saturated heterocycles. The molecule has 1 aliphatic heterocycles. The Morgan fingerprint density at radius 2 is 2.29 bits per heavy atom. The lowest BCUT2D eigenvalue weighted by atomic mass is 10.1. The number of nitrogens with one attached hydrogen (secondary N) is 1. The highest BCUT2D eigenvalue weighted by atomic mass is 16.6. The van der Waals surface area contributed by atoms with E-state index in [0.717, 1.165) is 11.3 Å². The van der Waals surface area contributed by atoms with Crippen molar-refractivity contribution in [1.29, 1.82) is 0 Å². The van der Waals surface area contributed by atoms with Crippen molar-refractivity contribution in [2.75, 3.05) is 6.54 Å². The summed E-state index contributed by atoms with van der Waals surface area (Å²) in [7, 11) is 0. The number of hydrogen-bond donors (Lipinski definition) is 2. The van der Waals surface area contributed by atoms with Crippen LogP contribution in [-0.4, -0.2) is 30.4 Å². The van der Waals surface area contributed by atoms with Gasteiger partial charge in [-0.3, -0.25) is 4.79 Å². The van der Waals surface area contributed by atoms with Crippen molar-refractivity contribution in [3.05, 3.63) is 29.8 Å². The summed E-state index contributed by atoms with van der Waals surface area (Å²) in [5, 5.41) is 6.96. The molecule has 6 nitrogen and oxygen atoms in total. The van der Waals surface area contributed by atoms with Gasteiger partial charge in [0.25, 0.3) is 5.91 Å². The van der Waals surface area contributed by atoms with Gasteiger partial charge in [0.1, 0.15) is 17.6 Å². The fourth-order valence-electron chi connectivity index (χ4n) is 2.07. The highest BCUT2D eigenvalue weighted by molar-refractivity contribution is 6.38. The predicted octanol–water partition coefficient (Wildman–Crippen LogP) is 1.19. The first-order valence-electron chi connectivity index (χ1n) is 7.04. The fourth-order valence-corrected chi connectivity index (χ4v) is 2.07. The summed E-state index contributed by atoms with van der Waals surface area (Å²) < 4.78 is 5.76. The van der Waals surface area contributed by atoms with Crippen molar-refractivity contribution in [1.82, 2.24) is 5.32 Å². The zero-order valence-corrected chi connectivity index (χ0v) is 12.3. The number of benzene rings is 1. The molecule has 1 atom stereocenters. The standard InChI is InChI=1S/C15H21N3O3/c1-10(2)20-14-6-4-3-5-11(14)8-17-9-12-7-13(15(16)19)18-21-12/h3-6,10,12,17H,7-9H2,1-2H3,(H2,16,19). The third-order valence-corrected chi connectivity index (χ3v) is 3.04. The molecule has 1 heterocycles. The second-order valence-electron chi connectivity index (χ2n) is 5.24. The maximum absolute atomic E-state index is 11.0. The first kappa shape index (κ1) is 15.3. The van der Waals surface area contributed by atoms with Gasteiger partial charge in [0.05, 0.1) is 6.10 Å². The van der Waals surface area contributed by atoms with Gasteiger partial charge in [0.15, 0.2) is 0 Å². The normalized spacial score (nSPS) is 17.5. The van der Waals surface area contributed by atoms with Crippen LogP contribution in [0.15, 0.2) is 29.4 Å². The van der Waals surface area contributed by atoms with Gasteiger partial charge in [0.2, 0.25) is 0 Å². The summed E-state index contributed by atoms with van der Waals surface area (Å²) in [6, 6.07) is 7.90. The number of carbonyl (C=O) groups excluding carboxylic acids is 1. The molecule has 21 heavy (non-hydrogen) atoms. The summed E-state index contributed by atoms with van der Waals surface area (Å²) in [6.45, 7) is 5.25. The minimum absolute atomic E-state index is 0.135. The molecule has 3 N–H and O–H groups in total. The Balaban J connectivity index is 1.81. The highest BCUT2D eigenvalue weighted by Gasteiger charge is 2.24. The van der Waals surface area contributed by atoms with E-state index in [1.165, 1.54) is 0 Å². The van der Waals surface area contributed by atoms with E-state index < -0.39 is 5.91 Å². The van der Waals surface area contributed by atoms with Crippen LogP contribution < -0.4 is 15.8 Å². The van der Waals surface area contributed by atoms with Crippen molar-refractivity contribution < 1.29 is 14.4 Å². The Labute approximate surface area is 124 Å². The first-order chi connectivity index (χ1) is 10.1. The molecular formula is C15H21N3O3. The van der Waals surface area contributed by atoms with Crippen LogP contribution in [-0.2, 0) is 16.2 Å². The smallest absolute Gasteiger partial charge is 0.266 e. The average Bonchev–Trinajstić information content (AvgIpc) is 2.89. The molecule has 0 radical (unpaired) electrons. The lowest BCUT2D eigenvalue weighted by Crippen LogP contribution is -2.29. The predicted molar refractivity (Wildman–Crippen MR) is 80.0 cm³/mol. The largest absolute Gasteiger partial charge is 0.491 e. The molecule has 1 aromatic rings. The third-order valence-electron chi connectivity index (χ3n) is 3.04. The van der Waals surface area contributed by atoms with Gasteiger partial charge in [-0.25, -0.2) is 0 Å². The molecule has 1 aliphatic rings. The summed E-state index contributed by atoms with van der Waals surface area (Å²) in [6.07, 6.45) is 0.438. The Morgan fingerprint density at radius 1 is 1.52 bits per heavy atom. The van der Waals surface area contributed by atoms with Gasteiger partial charge < -0.3 is 20.6 Å². The third kappa shape index (κ3) is 4.46. The molecular weight excluding hydrogens is 270 g/mol. The van der Waals surface area contributed by atoms with Crippen molar-refractivity contribution in [2.45, 2.75) is 39.0 Å². The molecule has 0 aliphatic carbocycles. The van der Waals surface area contributed by atoms with E-state index >= 15 is 0 Å². The number of ether oxygens (including phenoxy) is 1. The Morgan fingerprint density at radius 3 is 2.95 bits per heavy atom. The summed E-state index contributed by atoms with van der Waals surface area (Å²) >= 11 is 0. The number of carbonyl (C=O) groups is 1. The van der Waals surface area contributed by atoms with Crippen LogP contribution in [0, 0.1) is 0 Å². The SMILES string of the molecule is CC(C)Oc1ccccc1CNCC1CC(C(N)=O)=NO1. The van der Waals surface area contributed by atoms with Crippen LogP contribution >= 0.6 is 0 Å². The Hall–Kier alpha value is -2.08. The molecule has 0 bridgehead atoms. The quantitative estimate of drug-likeness (QED) is 0.790. The van der Waals surface area contributed by atoms with E-state index in [2.05, 4.69) is 10.5 Å². The second-order valence-corrected chi connectivity index (χ2v) is 5.24. The van der Waals surface area contributed by atoms with E-state index in [1.807, 2.05) is 38.1 Å². The van der Waals surface area contributed by atoms with Gasteiger partial charge in [-0.05, 0) is 19.9 Å². The number of primary amides is 1. The number of nitrogens with zero attached hydrogens (tertiary/aromatic N) is 1. The molecule has 1 amide bonds. The maximum Gasteiger partial charge on any atom is 0.266 e. The zero-order chi connectivity index (χ0) is 15.2. The number of rotatable bonds is 7. The highest BCUT2D eigenvalue weighted by Crippen LogP contribution is 2.19. The second kappa shape index (κ2) is 7.08. The van der Waals surface area contributed by atoms with E-state index in [1.54, 1.807) is 0 Å². The first-order valence-corrected chi connectivity index (χ1v) is 7.04. The topological polar surface area (TPSA) is 85.9 Å². The van der Waals surface area contributed by atoms with Gasteiger partial charge in [0, 0.05) is 25.1 Å². The molecule has 2 rings (SSSR count). The van der Waals surface area contributed by atoms with Crippen LogP contribution in [0.25, 0.3) is 0 Å². The van der Waals surface area contributed by atoms with Crippen LogP contribution in [0.3, 0.4) is 0 Å². The molecule has 1 unspecified atom stereocenters. The lowest BCUT2D eigenvalue weighted by molar-refractivity contribution is -0.112. The number of amides is 1. The minimum atomic E-state index is -0.520. The number of hydrogen-bond acceptors (Lipinski definition) is 5. The summed E-state index contributed by atoms with van der Waals surface area (Å²) in [5.41, 5.74) is 6.54. The van der Waals surface area contributed by atoms with Crippen molar-refractivity contribution >= 4 is 11.6 Å². The van der Waals surface area contributed by atoms with Crippen LogP contribution in [0.5, 0.6) is 5.75 Å². The van der Waals surface area contributed by atoms with Gasteiger partial charge in [-0.2, -0.15) is 0 Å². The molecule has 0 fully saturated rings. The van der Waals surface area contributed by atoms with Crippen molar-refractivity contribution in [3.63, 3.8) is 0 Å². The molecule has 1 aromatic carbocycles. The minimum Gasteiger partial charge on any atom is -0.491 e. The maximum atomic E-state index is 11.0. The van der Waals surface area contributed by atoms with E-state index in [0.29, 0.717) is 25.2 Å². The van der Waals surface area contributed by atoms with Gasteiger partial charge >= 0.3 is 0 Å². The zero-order valence-electron chi connectivity index (χ0n) is 12.3. The molecule has 114 valence electrons. The van der Waals surface area contributed by atoms with Crippen molar-refractivity contribution in [3.8, 4) is 5.75 Å².